The minimum Gasteiger partial charge on any atom is -0.379 e. The maximum absolute atomic E-state index is 13.6. The van der Waals surface area contributed by atoms with E-state index in [1.54, 1.807) is 6.07 Å². The van der Waals surface area contributed by atoms with Crippen LogP contribution < -0.4 is 5.32 Å². The molecule has 2 atom stereocenters. The number of morpholine rings is 1. The lowest BCUT2D eigenvalue weighted by molar-refractivity contribution is -0.129. The van der Waals surface area contributed by atoms with Crippen molar-refractivity contribution in [2.45, 2.75) is 31.3 Å². The molecule has 0 aromatic heterocycles. The molecule has 1 saturated heterocycles. The summed E-state index contributed by atoms with van der Waals surface area (Å²) >= 11 is 0. The maximum Gasteiger partial charge on any atom is 0.242 e. The number of rotatable bonds is 4. The summed E-state index contributed by atoms with van der Waals surface area (Å²) in [6, 6.07) is 6.06. The highest BCUT2D eigenvalue weighted by Crippen LogP contribution is 2.24. The molecule has 1 heterocycles. The third kappa shape index (κ3) is 4.18. The summed E-state index contributed by atoms with van der Waals surface area (Å²) in [5.74, 6) is -0.355. The van der Waals surface area contributed by atoms with Crippen molar-refractivity contribution in [3.8, 4) is 0 Å². The molecule has 124 valence electrons. The lowest BCUT2D eigenvalue weighted by atomic mass is 9.99. The summed E-state index contributed by atoms with van der Waals surface area (Å²) < 4.78 is 19.0. The molecule has 1 aliphatic carbocycles. The van der Waals surface area contributed by atoms with Crippen molar-refractivity contribution < 1.29 is 13.9 Å². The molecular weight excluding hydrogens is 295 g/mol. The fourth-order valence-electron chi connectivity index (χ4n) is 3.25. The van der Waals surface area contributed by atoms with E-state index in [0.29, 0.717) is 31.9 Å². The summed E-state index contributed by atoms with van der Waals surface area (Å²) in [7, 11) is 0. The lowest BCUT2D eigenvalue weighted by Crippen LogP contribution is -2.48. The Morgan fingerprint density at radius 2 is 2.13 bits per heavy atom. The normalized spacial score (nSPS) is 23.4. The first-order chi connectivity index (χ1) is 11.2. The summed E-state index contributed by atoms with van der Waals surface area (Å²) in [4.78, 5) is 15.0. The molecule has 0 radical (unpaired) electrons. The molecule has 23 heavy (non-hydrogen) atoms. The van der Waals surface area contributed by atoms with Gasteiger partial charge in [0.25, 0.3) is 0 Å². The SMILES string of the molecule is O=C(N[C@@H]1CC=CCC1)[C@@H](c1cccc(F)c1)N1CCOCC1. The molecule has 0 bridgehead atoms. The van der Waals surface area contributed by atoms with Gasteiger partial charge in [-0.25, -0.2) is 4.39 Å². The van der Waals surface area contributed by atoms with Gasteiger partial charge in [0.15, 0.2) is 0 Å². The highest BCUT2D eigenvalue weighted by atomic mass is 19.1. The van der Waals surface area contributed by atoms with Gasteiger partial charge < -0.3 is 10.1 Å². The van der Waals surface area contributed by atoms with Crippen molar-refractivity contribution in [3.63, 3.8) is 0 Å². The second kappa shape index (κ2) is 7.70. The van der Waals surface area contributed by atoms with Gasteiger partial charge in [-0.05, 0) is 37.0 Å². The topological polar surface area (TPSA) is 41.6 Å². The number of nitrogens with zero attached hydrogens (tertiary/aromatic N) is 1. The van der Waals surface area contributed by atoms with Crippen LogP contribution in [0.5, 0.6) is 0 Å². The number of carbonyl (C=O) groups is 1. The van der Waals surface area contributed by atoms with Crippen molar-refractivity contribution >= 4 is 5.91 Å². The maximum atomic E-state index is 13.6. The summed E-state index contributed by atoms with van der Waals surface area (Å²) in [6.45, 7) is 2.56. The minimum absolute atomic E-state index is 0.0437. The molecule has 5 heteroatoms. The number of halogens is 1. The number of nitrogens with one attached hydrogen (secondary N) is 1. The van der Waals surface area contributed by atoms with Gasteiger partial charge in [-0.3, -0.25) is 9.69 Å². The monoisotopic (exact) mass is 318 g/mol. The zero-order chi connectivity index (χ0) is 16.1. The van der Waals surface area contributed by atoms with Crippen molar-refractivity contribution in [3.05, 3.63) is 47.8 Å². The number of amides is 1. The highest BCUT2D eigenvalue weighted by molar-refractivity contribution is 5.83. The molecule has 1 aliphatic heterocycles. The van der Waals surface area contributed by atoms with E-state index in [2.05, 4.69) is 22.4 Å². The largest absolute Gasteiger partial charge is 0.379 e. The van der Waals surface area contributed by atoms with Crippen LogP contribution in [0.2, 0.25) is 0 Å². The number of ether oxygens (including phenoxy) is 1. The first kappa shape index (κ1) is 16.1. The van der Waals surface area contributed by atoms with E-state index >= 15 is 0 Å². The van der Waals surface area contributed by atoms with Gasteiger partial charge in [0.05, 0.1) is 13.2 Å². The van der Waals surface area contributed by atoms with Crippen molar-refractivity contribution in [1.82, 2.24) is 10.2 Å². The smallest absolute Gasteiger partial charge is 0.242 e. The molecule has 0 unspecified atom stereocenters. The first-order valence-electron chi connectivity index (χ1n) is 8.26. The second-order valence-corrected chi connectivity index (χ2v) is 6.10. The molecule has 4 nitrogen and oxygen atoms in total. The third-order valence-corrected chi connectivity index (χ3v) is 4.44. The van der Waals surface area contributed by atoms with Crippen LogP contribution in [0, 0.1) is 5.82 Å². The van der Waals surface area contributed by atoms with Gasteiger partial charge >= 0.3 is 0 Å². The summed E-state index contributed by atoms with van der Waals surface area (Å²) in [5.41, 5.74) is 0.704. The van der Waals surface area contributed by atoms with E-state index in [4.69, 9.17) is 4.74 Å². The van der Waals surface area contributed by atoms with Crippen LogP contribution in [0.4, 0.5) is 4.39 Å². The zero-order valence-corrected chi connectivity index (χ0v) is 13.2. The van der Waals surface area contributed by atoms with Crippen molar-refractivity contribution in [2.24, 2.45) is 0 Å². The lowest BCUT2D eigenvalue weighted by Gasteiger charge is -2.35. The molecule has 2 aliphatic rings. The molecule has 0 saturated carbocycles. The molecular formula is C18H23FN2O2. The molecule has 3 rings (SSSR count). The van der Waals surface area contributed by atoms with Crippen LogP contribution >= 0.6 is 0 Å². The summed E-state index contributed by atoms with van der Waals surface area (Å²) in [6.07, 6.45) is 7.08. The Bertz CT molecular complexity index is 570. The van der Waals surface area contributed by atoms with Gasteiger partial charge in [-0.2, -0.15) is 0 Å². The van der Waals surface area contributed by atoms with Gasteiger partial charge in [0, 0.05) is 19.1 Å². The van der Waals surface area contributed by atoms with Crippen molar-refractivity contribution in [1.29, 1.82) is 0 Å². The summed E-state index contributed by atoms with van der Waals surface area (Å²) in [5, 5.41) is 3.14. The fraction of sp³-hybridized carbons (Fsp3) is 0.500. The predicted molar refractivity (Wildman–Crippen MR) is 86.5 cm³/mol. The number of benzene rings is 1. The van der Waals surface area contributed by atoms with E-state index in [9.17, 15) is 9.18 Å². The Morgan fingerprint density at radius 3 is 2.83 bits per heavy atom. The molecule has 0 spiro atoms. The highest BCUT2D eigenvalue weighted by Gasteiger charge is 2.30. The number of hydrogen-bond donors (Lipinski definition) is 1. The number of carbonyl (C=O) groups excluding carboxylic acids is 1. The Morgan fingerprint density at radius 1 is 1.30 bits per heavy atom. The van der Waals surface area contributed by atoms with E-state index < -0.39 is 6.04 Å². The average Bonchev–Trinajstić information content (AvgIpc) is 2.57. The van der Waals surface area contributed by atoms with E-state index in [0.717, 1.165) is 19.3 Å². The predicted octanol–water partition coefficient (Wildman–Crippen LogP) is 2.42. The standard InChI is InChI=1S/C18H23FN2O2/c19-15-6-4-5-14(13-15)17(21-9-11-23-12-10-21)18(22)20-16-7-2-1-3-8-16/h1-2,4-6,13,16-17H,3,7-12H2,(H,20,22)/t16-,17-/m1/s1. The van der Waals surface area contributed by atoms with E-state index in [1.165, 1.54) is 12.1 Å². The van der Waals surface area contributed by atoms with Crippen LogP contribution in [-0.4, -0.2) is 43.2 Å². The molecule has 1 amide bonds. The Labute approximate surface area is 136 Å². The molecule has 1 aromatic carbocycles. The molecule has 1 aromatic rings. The van der Waals surface area contributed by atoms with Gasteiger partial charge in [0.1, 0.15) is 11.9 Å². The minimum atomic E-state index is -0.458. The van der Waals surface area contributed by atoms with Gasteiger partial charge in [-0.15, -0.1) is 0 Å². The molecule has 1 N–H and O–H groups in total. The average molecular weight is 318 g/mol. The fourth-order valence-corrected chi connectivity index (χ4v) is 3.25. The van der Waals surface area contributed by atoms with E-state index in [-0.39, 0.29) is 17.8 Å². The Hall–Kier alpha value is -1.72. The van der Waals surface area contributed by atoms with E-state index in [1.807, 2.05) is 6.07 Å². The first-order valence-corrected chi connectivity index (χ1v) is 8.26. The molecule has 1 fully saturated rings. The van der Waals surface area contributed by atoms with Crippen LogP contribution in [0.3, 0.4) is 0 Å². The second-order valence-electron chi connectivity index (χ2n) is 6.10. The quantitative estimate of drug-likeness (QED) is 0.867. The third-order valence-electron chi connectivity index (χ3n) is 4.44. The van der Waals surface area contributed by atoms with Crippen LogP contribution in [-0.2, 0) is 9.53 Å². The van der Waals surface area contributed by atoms with Gasteiger partial charge in [0.2, 0.25) is 5.91 Å². The number of allylic oxidation sites excluding steroid dienone is 1. The van der Waals surface area contributed by atoms with Gasteiger partial charge in [-0.1, -0.05) is 24.3 Å². The van der Waals surface area contributed by atoms with Crippen LogP contribution in [0.1, 0.15) is 30.9 Å². The van der Waals surface area contributed by atoms with Crippen molar-refractivity contribution in [2.75, 3.05) is 26.3 Å². The van der Waals surface area contributed by atoms with Crippen LogP contribution in [0.25, 0.3) is 0 Å². The Balaban J connectivity index is 1.78. The Kier molecular flexibility index (Phi) is 5.41. The zero-order valence-electron chi connectivity index (χ0n) is 13.2. The van der Waals surface area contributed by atoms with Crippen LogP contribution in [0.15, 0.2) is 36.4 Å². The number of hydrogen-bond acceptors (Lipinski definition) is 3.